The van der Waals surface area contributed by atoms with E-state index < -0.39 is 17.7 Å². The zero-order valence-electron chi connectivity index (χ0n) is 23.7. The van der Waals surface area contributed by atoms with Crippen molar-refractivity contribution in [3.8, 4) is 0 Å². The fourth-order valence-corrected chi connectivity index (χ4v) is 5.08. The Kier molecular flexibility index (Phi) is 11.8. The molecule has 1 fully saturated rings. The van der Waals surface area contributed by atoms with E-state index in [1.165, 1.54) is 0 Å². The summed E-state index contributed by atoms with van der Waals surface area (Å²) in [5, 5.41) is 3.77. The normalized spacial score (nSPS) is 19.9. The summed E-state index contributed by atoms with van der Waals surface area (Å²) in [4.78, 5) is 31.7. The van der Waals surface area contributed by atoms with Gasteiger partial charge in [0.15, 0.2) is 0 Å². The smallest absolute Gasteiger partial charge is 0.410 e. The summed E-state index contributed by atoms with van der Waals surface area (Å²) in [5.74, 6) is 0.755. The quantitative estimate of drug-likeness (QED) is 0.246. The summed E-state index contributed by atoms with van der Waals surface area (Å²) in [6.07, 6.45) is 10.7. The van der Waals surface area contributed by atoms with Crippen LogP contribution >= 0.6 is 15.9 Å². The summed E-state index contributed by atoms with van der Waals surface area (Å²) in [5.41, 5.74) is 3.67. The van der Waals surface area contributed by atoms with Gasteiger partial charge in [0.1, 0.15) is 24.0 Å². The lowest BCUT2D eigenvalue weighted by atomic mass is 9.90. The standard InChI is InChI=1S/C31H42BrN3O4/c1-31(2,3)39-30(37)35-21-11-9-15-27(35)29(36)34-20-10-8-14-25-24(18-19-32)26(33-4)16-17-28(25)38-22-23-12-6-5-7-13-23/h5-7,12-13,16-18,27H,8-11,14-15,19-22H2,1-4H3,(H,34,36)/b24-18-,33-26?. The van der Waals surface area contributed by atoms with E-state index in [1.807, 2.05) is 51.1 Å². The number of nitrogens with zero attached hydrogens (tertiary/aromatic N) is 2. The lowest BCUT2D eigenvalue weighted by molar-refractivity contribution is -0.127. The molecule has 0 saturated carbocycles. The zero-order valence-corrected chi connectivity index (χ0v) is 25.3. The first-order chi connectivity index (χ1) is 18.7. The molecule has 8 heteroatoms. The van der Waals surface area contributed by atoms with Gasteiger partial charge in [0, 0.05) is 36.6 Å². The molecule has 7 nitrogen and oxygen atoms in total. The molecule has 1 aliphatic heterocycles. The molecule has 1 atom stereocenters. The van der Waals surface area contributed by atoms with E-state index >= 15 is 0 Å². The lowest BCUT2D eigenvalue weighted by Gasteiger charge is -2.35. The minimum absolute atomic E-state index is 0.104. The van der Waals surface area contributed by atoms with Crippen molar-refractivity contribution in [2.45, 2.75) is 77.5 Å². The number of benzene rings is 1. The fraction of sp³-hybridized carbons (Fsp3) is 0.516. The van der Waals surface area contributed by atoms with Crippen LogP contribution in [0.3, 0.4) is 0 Å². The maximum Gasteiger partial charge on any atom is 0.410 e. The topological polar surface area (TPSA) is 80.2 Å². The molecule has 2 aliphatic rings. The Morgan fingerprint density at radius 2 is 1.92 bits per heavy atom. The number of amides is 2. The number of aliphatic imine (C=N–C) groups is 1. The number of rotatable bonds is 10. The second-order valence-corrected chi connectivity index (χ2v) is 11.4. The summed E-state index contributed by atoms with van der Waals surface area (Å²) in [6.45, 7) is 7.11. The van der Waals surface area contributed by atoms with E-state index in [1.54, 1.807) is 11.9 Å². The predicted octanol–water partition coefficient (Wildman–Crippen LogP) is 6.50. The van der Waals surface area contributed by atoms with Crippen molar-refractivity contribution in [3.63, 3.8) is 0 Å². The van der Waals surface area contributed by atoms with Crippen molar-refractivity contribution in [1.82, 2.24) is 10.2 Å². The zero-order chi connectivity index (χ0) is 28.3. The molecule has 0 spiro atoms. The first kappa shape index (κ1) is 30.7. The number of carbonyl (C=O) groups is 2. The van der Waals surface area contributed by atoms with Crippen molar-refractivity contribution in [2.75, 3.05) is 25.5 Å². The van der Waals surface area contributed by atoms with Gasteiger partial charge in [-0.1, -0.05) is 52.3 Å². The molecule has 3 rings (SSSR count). The molecule has 212 valence electrons. The second kappa shape index (κ2) is 15.1. The van der Waals surface area contributed by atoms with E-state index in [0.29, 0.717) is 26.1 Å². The molecular formula is C31H42BrN3O4. The highest BCUT2D eigenvalue weighted by molar-refractivity contribution is 9.09. The van der Waals surface area contributed by atoms with Crippen LogP contribution in [0.25, 0.3) is 0 Å². The van der Waals surface area contributed by atoms with Crippen LogP contribution in [0, 0.1) is 0 Å². The first-order valence-electron chi connectivity index (χ1n) is 13.8. The molecule has 1 aromatic rings. The molecule has 39 heavy (non-hydrogen) atoms. The van der Waals surface area contributed by atoms with Gasteiger partial charge in [0.2, 0.25) is 5.91 Å². The molecule has 1 aliphatic carbocycles. The Balaban J connectivity index is 1.59. The van der Waals surface area contributed by atoms with Crippen molar-refractivity contribution < 1.29 is 19.1 Å². The van der Waals surface area contributed by atoms with Crippen molar-refractivity contribution in [3.05, 3.63) is 71.0 Å². The maximum absolute atomic E-state index is 13.0. The number of hydrogen-bond donors (Lipinski definition) is 1. The summed E-state index contributed by atoms with van der Waals surface area (Å²) in [7, 11) is 1.80. The number of hydrogen-bond acceptors (Lipinski definition) is 5. The second-order valence-electron chi connectivity index (χ2n) is 10.8. The summed E-state index contributed by atoms with van der Waals surface area (Å²) >= 11 is 3.54. The highest BCUT2D eigenvalue weighted by atomic mass is 79.9. The van der Waals surface area contributed by atoms with Crippen molar-refractivity contribution >= 4 is 33.6 Å². The number of likely N-dealkylation sites (tertiary alicyclic amines) is 1. The maximum atomic E-state index is 13.0. The number of halogens is 1. The third-order valence-electron chi connectivity index (χ3n) is 6.64. The van der Waals surface area contributed by atoms with Gasteiger partial charge in [-0.15, -0.1) is 0 Å². The Labute approximate surface area is 241 Å². The minimum atomic E-state index is -0.591. The number of ether oxygens (including phenoxy) is 2. The molecule has 1 aromatic carbocycles. The number of allylic oxidation sites excluding steroid dienone is 5. The van der Waals surface area contributed by atoms with Gasteiger partial charge in [-0.3, -0.25) is 14.7 Å². The van der Waals surface area contributed by atoms with Crippen molar-refractivity contribution in [1.29, 1.82) is 0 Å². The predicted molar refractivity (Wildman–Crippen MR) is 160 cm³/mol. The number of carbonyl (C=O) groups excluding carboxylic acids is 2. The van der Waals surface area contributed by atoms with Gasteiger partial charge in [-0.25, -0.2) is 4.79 Å². The molecular weight excluding hydrogens is 558 g/mol. The van der Waals surface area contributed by atoms with Gasteiger partial charge in [0.25, 0.3) is 0 Å². The van der Waals surface area contributed by atoms with Gasteiger partial charge in [-0.05, 0) is 77.0 Å². The largest absolute Gasteiger partial charge is 0.489 e. The highest BCUT2D eigenvalue weighted by Gasteiger charge is 2.34. The van der Waals surface area contributed by atoms with Crippen LogP contribution in [-0.4, -0.2) is 59.7 Å². The Bertz CT molecular complexity index is 1100. The Morgan fingerprint density at radius 3 is 2.62 bits per heavy atom. The van der Waals surface area contributed by atoms with E-state index in [0.717, 1.165) is 65.6 Å². The molecule has 1 saturated heterocycles. The van der Waals surface area contributed by atoms with E-state index in [2.05, 4.69) is 44.4 Å². The average Bonchev–Trinajstić information content (AvgIpc) is 2.92. The molecule has 0 bridgehead atoms. The number of unbranched alkanes of at least 4 members (excludes halogenated alkanes) is 1. The van der Waals surface area contributed by atoms with Gasteiger partial charge in [0.05, 0.1) is 5.71 Å². The fourth-order valence-electron chi connectivity index (χ4n) is 4.76. The number of piperidine rings is 1. The lowest BCUT2D eigenvalue weighted by Crippen LogP contribution is -2.53. The summed E-state index contributed by atoms with van der Waals surface area (Å²) < 4.78 is 11.8. The van der Waals surface area contributed by atoms with Crippen LogP contribution in [-0.2, 0) is 20.9 Å². The van der Waals surface area contributed by atoms with Gasteiger partial charge in [-0.2, -0.15) is 0 Å². The molecule has 1 unspecified atom stereocenters. The van der Waals surface area contributed by atoms with Crippen LogP contribution < -0.4 is 5.32 Å². The third kappa shape index (κ3) is 9.38. The van der Waals surface area contributed by atoms with Gasteiger partial charge < -0.3 is 14.8 Å². The van der Waals surface area contributed by atoms with Crippen LogP contribution in [0.15, 0.2) is 70.5 Å². The number of nitrogens with one attached hydrogen (secondary N) is 1. The van der Waals surface area contributed by atoms with Crippen LogP contribution in [0.5, 0.6) is 0 Å². The van der Waals surface area contributed by atoms with Gasteiger partial charge >= 0.3 is 6.09 Å². The Hall–Kier alpha value is -2.87. The molecule has 2 amide bonds. The monoisotopic (exact) mass is 599 g/mol. The molecule has 1 heterocycles. The molecule has 1 N–H and O–H groups in total. The van der Waals surface area contributed by atoms with Crippen molar-refractivity contribution in [2.24, 2.45) is 4.99 Å². The van der Waals surface area contributed by atoms with E-state index in [-0.39, 0.29) is 5.91 Å². The van der Waals surface area contributed by atoms with Crippen LogP contribution in [0.1, 0.15) is 64.9 Å². The van der Waals surface area contributed by atoms with Crippen LogP contribution in [0.4, 0.5) is 4.79 Å². The summed E-state index contributed by atoms with van der Waals surface area (Å²) in [6, 6.07) is 9.65. The average molecular weight is 601 g/mol. The van der Waals surface area contributed by atoms with E-state index in [4.69, 9.17) is 9.47 Å². The van der Waals surface area contributed by atoms with E-state index in [9.17, 15) is 9.59 Å². The highest BCUT2D eigenvalue weighted by Crippen LogP contribution is 2.29. The molecule has 0 radical (unpaired) electrons. The third-order valence-corrected chi connectivity index (χ3v) is 6.96. The SMILES string of the molecule is CN=C1C=CC(OCc2ccccc2)=C(CCCCNC(=O)C2CCCCN2C(=O)OC(C)(C)C)/C1=C/CBr. The number of alkyl halides is 1. The van der Waals surface area contributed by atoms with Crippen LogP contribution in [0.2, 0.25) is 0 Å². The molecule has 0 aromatic heterocycles. The minimum Gasteiger partial charge on any atom is -0.489 e. The first-order valence-corrected chi connectivity index (χ1v) is 14.9. The Morgan fingerprint density at radius 1 is 1.15 bits per heavy atom.